The van der Waals surface area contributed by atoms with E-state index in [2.05, 4.69) is 17.4 Å². The summed E-state index contributed by atoms with van der Waals surface area (Å²) in [6.07, 6.45) is 0.764. The van der Waals surface area contributed by atoms with Gasteiger partial charge in [0.15, 0.2) is 22.3 Å². The molecule has 1 fully saturated rings. The van der Waals surface area contributed by atoms with Crippen molar-refractivity contribution in [2.24, 2.45) is 5.92 Å². The Morgan fingerprint density at radius 3 is 2.70 bits per heavy atom. The molecule has 158 valence electrons. The van der Waals surface area contributed by atoms with Gasteiger partial charge in [-0.05, 0) is 44.1 Å². The number of para-hydroxylation sites is 1. The van der Waals surface area contributed by atoms with Gasteiger partial charge in [-0.3, -0.25) is 4.79 Å². The number of thiocarbonyl (C=S) groups is 1. The number of ether oxygens (including phenoxy) is 3. The highest BCUT2D eigenvalue weighted by Crippen LogP contribution is 2.51. The summed E-state index contributed by atoms with van der Waals surface area (Å²) >= 11 is 5.71. The van der Waals surface area contributed by atoms with E-state index in [1.807, 2.05) is 55.1 Å². The highest BCUT2D eigenvalue weighted by atomic mass is 32.1. The third kappa shape index (κ3) is 3.37. The van der Waals surface area contributed by atoms with Gasteiger partial charge in [-0.1, -0.05) is 42.5 Å². The number of rotatable bonds is 6. The minimum absolute atomic E-state index is 0.303. The molecule has 2 aromatic carbocycles. The third-order valence-electron chi connectivity index (χ3n) is 5.85. The largest absolute Gasteiger partial charge is 0.493 e. The average molecular weight is 427 g/mol. The van der Waals surface area contributed by atoms with Crippen LogP contribution in [0.25, 0.3) is 0 Å². The van der Waals surface area contributed by atoms with Crippen LogP contribution >= 0.6 is 12.2 Å². The van der Waals surface area contributed by atoms with Crippen molar-refractivity contribution in [3.05, 3.63) is 59.7 Å². The van der Waals surface area contributed by atoms with Gasteiger partial charge >= 0.3 is 5.97 Å². The first-order valence-corrected chi connectivity index (χ1v) is 10.5. The monoisotopic (exact) mass is 426 g/mol. The van der Waals surface area contributed by atoms with E-state index in [-0.39, 0.29) is 12.0 Å². The Bertz CT molecular complexity index is 951. The third-order valence-corrected chi connectivity index (χ3v) is 6.19. The number of carbonyl (C=O) groups excluding carboxylic acids is 1. The van der Waals surface area contributed by atoms with E-state index >= 15 is 0 Å². The SMILES string of the molecule is CCOC(=O)[C@@H]1[C@H]2NC(=S)N(CCc3ccccc3)[C@@]1(C)Oc1c(OC)cccc12. The average Bonchev–Trinajstić information content (AvgIpc) is 2.73. The molecular formula is C23H26N2O4S. The second-order valence-corrected chi connectivity index (χ2v) is 7.97. The first-order valence-electron chi connectivity index (χ1n) is 10.1. The predicted octanol–water partition coefficient (Wildman–Crippen LogP) is 3.46. The van der Waals surface area contributed by atoms with Crippen molar-refractivity contribution in [3.63, 3.8) is 0 Å². The van der Waals surface area contributed by atoms with Gasteiger partial charge < -0.3 is 24.4 Å². The minimum atomic E-state index is -1.00. The number of hydrogen-bond donors (Lipinski definition) is 1. The number of nitrogens with zero attached hydrogens (tertiary/aromatic N) is 1. The Balaban J connectivity index is 1.75. The lowest BCUT2D eigenvalue weighted by Gasteiger charge is -2.55. The molecule has 0 aromatic heterocycles. The molecule has 0 spiro atoms. The van der Waals surface area contributed by atoms with Crippen LogP contribution < -0.4 is 14.8 Å². The number of esters is 1. The quantitative estimate of drug-likeness (QED) is 0.561. The van der Waals surface area contributed by atoms with Crippen molar-refractivity contribution >= 4 is 23.3 Å². The molecule has 0 unspecified atom stereocenters. The molecule has 1 saturated heterocycles. The lowest BCUT2D eigenvalue weighted by Crippen LogP contribution is -2.71. The van der Waals surface area contributed by atoms with Gasteiger partial charge in [-0.2, -0.15) is 0 Å². The van der Waals surface area contributed by atoms with Crippen LogP contribution in [0.1, 0.15) is 31.0 Å². The smallest absolute Gasteiger partial charge is 0.317 e. The lowest BCUT2D eigenvalue weighted by atomic mass is 9.79. The fourth-order valence-corrected chi connectivity index (χ4v) is 4.80. The van der Waals surface area contributed by atoms with Crippen LogP contribution in [0.3, 0.4) is 0 Å². The Hall–Kier alpha value is -2.80. The van der Waals surface area contributed by atoms with Crippen LogP contribution in [0.2, 0.25) is 0 Å². The standard InChI is InChI=1S/C23H26N2O4S/c1-4-28-21(26)18-19-16-11-8-12-17(27-3)20(16)29-23(18,2)25(22(30)24-19)14-13-15-9-6-5-7-10-15/h5-12,18-19H,4,13-14H2,1-3H3,(H,24,30)/t18-,19-,23-/m0/s1. The van der Waals surface area contributed by atoms with Crippen molar-refractivity contribution in [3.8, 4) is 11.5 Å². The van der Waals surface area contributed by atoms with E-state index < -0.39 is 11.6 Å². The Morgan fingerprint density at radius 2 is 2.00 bits per heavy atom. The van der Waals surface area contributed by atoms with Crippen LogP contribution in [-0.4, -0.2) is 42.0 Å². The van der Waals surface area contributed by atoms with E-state index in [0.717, 1.165) is 12.0 Å². The molecule has 4 rings (SSSR count). The topological polar surface area (TPSA) is 60.0 Å². The van der Waals surface area contributed by atoms with Gasteiger partial charge in [0.2, 0.25) is 0 Å². The maximum Gasteiger partial charge on any atom is 0.317 e. The van der Waals surface area contributed by atoms with Crippen LogP contribution in [0.15, 0.2) is 48.5 Å². The van der Waals surface area contributed by atoms with Crippen LogP contribution in [-0.2, 0) is 16.0 Å². The summed E-state index contributed by atoms with van der Waals surface area (Å²) < 4.78 is 17.5. The molecule has 0 radical (unpaired) electrons. The maximum atomic E-state index is 13.1. The molecule has 7 heteroatoms. The van der Waals surface area contributed by atoms with Crippen molar-refractivity contribution < 1.29 is 19.0 Å². The molecule has 1 N–H and O–H groups in total. The highest BCUT2D eigenvalue weighted by Gasteiger charge is 2.59. The van der Waals surface area contributed by atoms with Crippen molar-refractivity contribution in [1.29, 1.82) is 0 Å². The van der Waals surface area contributed by atoms with Crippen LogP contribution in [0, 0.1) is 5.92 Å². The van der Waals surface area contributed by atoms with E-state index in [1.54, 1.807) is 7.11 Å². The first-order chi connectivity index (χ1) is 14.5. The molecule has 2 aliphatic rings. The molecule has 2 bridgehead atoms. The van der Waals surface area contributed by atoms with E-state index in [4.69, 9.17) is 26.4 Å². The van der Waals surface area contributed by atoms with Gasteiger partial charge in [-0.25, -0.2) is 0 Å². The molecule has 0 saturated carbocycles. The van der Waals surface area contributed by atoms with E-state index in [1.165, 1.54) is 5.56 Å². The Morgan fingerprint density at radius 1 is 1.23 bits per heavy atom. The molecular weight excluding hydrogens is 400 g/mol. The maximum absolute atomic E-state index is 13.1. The number of benzene rings is 2. The molecule has 3 atom stereocenters. The second kappa shape index (κ2) is 8.14. The normalized spacial score (nSPS) is 24.4. The predicted molar refractivity (Wildman–Crippen MR) is 117 cm³/mol. The molecule has 6 nitrogen and oxygen atoms in total. The summed E-state index contributed by atoms with van der Waals surface area (Å²) in [5.41, 5.74) is 1.03. The summed E-state index contributed by atoms with van der Waals surface area (Å²) in [5, 5.41) is 3.94. The zero-order chi connectivity index (χ0) is 21.3. The molecule has 0 aliphatic carbocycles. The highest BCUT2D eigenvalue weighted by molar-refractivity contribution is 7.80. The first kappa shape index (κ1) is 20.5. The molecule has 30 heavy (non-hydrogen) atoms. The minimum Gasteiger partial charge on any atom is -0.493 e. The summed E-state index contributed by atoms with van der Waals surface area (Å²) in [4.78, 5) is 15.0. The molecule has 2 aromatic rings. The number of hydrogen-bond acceptors (Lipinski definition) is 5. The Kier molecular flexibility index (Phi) is 5.56. The molecule has 0 amide bonds. The fraction of sp³-hybridized carbons (Fsp3) is 0.391. The number of methoxy groups -OCH3 is 1. The molecule has 2 aliphatic heterocycles. The zero-order valence-electron chi connectivity index (χ0n) is 17.4. The van der Waals surface area contributed by atoms with Crippen molar-refractivity contribution in [2.75, 3.05) is 20.3 Å². The molecule has 2 heterocycles. The fourth-order valence-electron chi connectivity index (χ4n) is 4.40. The van der Waals surface area contributed by atoms with Gasteiger partial charge in [0, 0.05) is 12.1 Å². The second-order valence-electron chi connectivity index (χ2n) is 7.58. The van der Waals surface area contributed by atoms with Gasteiger partial charge in [0.25, 0.3) is 0 Å². The van der Waals surface area contributed by atoms with Gasteiger partial charge in [0.05, 0.1) is 19.8 Å². The van der Waals surface area contributed by atoms with Crippen LogP contribution in [0.4, 0.5) is 0 Å². The number of fused-ring (bicyclic) bond motifs is 4. The summed E-state index contributed by atoms with van der Waals surface area (Å²) in [6.45, 7) is 4.62. The van der Waals surface area contributed by atoms with Crippen LogP contribution in [0.5, 0.6) is 11.5 Å². The van der Waals surface area contributed by atoms with Crippen molar-refractivity contribution in [1.82, 2.24) is 10.2 Å². The summed E-state index contributed by atoms with van der Waals surface area (Å²) in [5.74, 6) is 0.370. The lowest BCUT2D eigenvalue weighted by molar-refractivity contribution is -0.175. The van der Waals surface area contributed by atoms with Gasteiger partial charge in [-0.15, -0.1) is 0 Å². The number of carbonyl (C=O) groups is 1. The zero-order valence-corrected chi connectivity index (χ0v) is 18.2. The van der Waals surface area contributed by atoms with Gasteiger partial charge in [0.1, 0.15) is 5.92 Å². The van der Waals surface area contributed by atoms with E-state index in [0.29, 0.717) is 29.8 Å². The van der Waals surface area contributed by atoms with Crippen molar-refractivity contribution in [2.45, 2.75) is 32.0 Å². The summed E-state index contributed by atoms with van der Waals surface area (Å²) in [6, 6.07) is 15.5. The number of nitrogens with one attached hydrogen (secondary N) is 1. The summed E-state index contributed by atoms with van der Waals surface area (Å²) in [7, 11) is 1.61. The Labute approximate surface area is 182 Å². The van der Waals surface area contributed by atoms with E-state index in [9.17, 15) is 4.79 Å².